The van der Waals surface area contributed by atoms with Gasteiger partial charge in [-0.25, -0.2) is 4.68 Å². The molecule has 2 aliphatic rings. The molecule has 2 heterocycles. The maximum absolute atomic E-state index is 13.3. The summed E-state index contributed by atoms with van der Waals surface area (Å²) in [6, 6.07) is 13.9. The number of hydrogen-bond donors (Lipinski definition) is 1. The first-order chi connectivity index (χ1) is 15.2. The minimum atomic E-state index is -0.437. The number of carbonyl (C=O) groups is 1. The van der Waals surface area contributed by atoms with E-state index in [4.69, 9.17) is 5.10 Å². The zero-order chi connectivity index (χ0) is 22.6. The molecule has 0 fully saturated rings. The second-order valence-corrected chi connectivity index (χ2v) is 9.28. The van der Waals surface area contributed by atoms with Crippen LogP contribution in [0.4, 0.5) is 11.6 Å². The topological polar surface area (TPSA) is 103 Å². The largest absolute Gasteiger partial charge is 0.328 e. The number of ketones is 1. The number of nitro benzene ring substituents is 1. The molecule has 8 heteroatoms. The van der Waals surface area contributed by atoms with Crippen molar-refractivity contribution in [2.45, 2.75) is 39.7 Å². The number of rotatable bonds is 3. The summed E-state index contributed by atoms with van der Waals surface area (Å²) in [6.45, 7) is 6.20. The Hall–Kier alpha value is -3.81. The molecular formula is C24H23N5O3. The highest BCUT2D eigenvalue weighted by Crippen LogP contribution is 2.45. The average Bonchev–Trinajstić information content (AvgIpc) is 3.16. The van der Waals surface area contributed by atoms with Gasteiger partial charge in [-0.3, -0.25) is 14.9 Å². The Morgan fingerprint density at radius 1 is 1.16 bits per heavy atom. The molecule has 0 saturated heterocycles. The number of hydrogen-bond acceptors (Lipinski definition) is 6. The Balaban J connectivity index is 1.66. The number of nitrogens with one attached hydrogen (secondary N) is 1. The molecule has 1 atom stereocenters. The van der Waals surface area contributed by atoms with Crippen molar-refractivity contribution in [2.24, 2.45) is 5.41 Å². The molecule has 32 heavy (non-hydrogen) atoms. The van der Waals surface area contributed by atoms with Crippen LogP contribution in [0.1, 0.15) is 43.9 Å². The van der Waals surface area contributed by atoms with E-state index in [-0.39, 0.29) is 16.9 Å². The van der Waals surface area contributed by atoms with Gasteiger partial charge in [0, 0.05) is 35.4 Å². The Morgan fingerprint density at radius 2 is 1.91 bits per heavy atom. The van der Waals surface area contributed by atoms with E-state index in [9.17, 15) is 14.9 Å². The monoisotopic (exact) mass is 429 g/mol. The van der Waals surface area contributed by atoms with Gasteiger partial charge in [0.15, 0.2) is 11.6 Å². The van der Waals surface area contributed by atoms with Gasteiger partial charge in [-0.2, -0.15) is 4.98 Å². The van der Waals surface area contributed by atoms with E-state index in [0.717, 1.165) is 28.8 Å². The van der Waals surface area contributed by atoms with E-state index < -0.39 is 11.0 Å². The summed E-state index contributed by atoms with van der Waals surface area (Å²) in [5.74, 6) is 1.01. The number of carbonyl (C=O) groups excluding carboxylic acids is 1. The molecule has 3 aromatic rings. The molecule has 0 amide bonds. The highest BCUT2D eigenvalue weighted by atomic mass is 16.6. The molecule has 2 aromatic carbocycles. The Kier molecular flexibility index (Phi) is 4.47. The molecule has 1 aliphatic heterocycles. The summed E-state index contributed by atoms with van der Waals surface area (Å²) < 4.78 is 1.73. The van der Waals surface area contributed by atoms with E-state index in [1.54, 1.807) is 16.8 Å². The number of benzene rings is 2. The van der Waals surface area contributed by atoms with Crippen LogP contribution in [-0.4, -0.2) is 25.5 Å². The summed E-state index contributed by atoms with van der Waals surface area (Å²) in [6.07, 6.45) is 1.20. The number of non-ortho nitro benzene ring substituents is 1. The van der Waals surface area contributed by atoms with Crippen LogP contribution in [0.15, 0.2) is 59.8 Å². The van der Waals surface area contributed by atoms with Crippen molar-refractivity contribution in [3.63, 3.8) is 0 Å². The molecule has 0 radical (unpaired) electrons. The van der Waals surface area contributed by atoms with Gasteiger partial charge in [-0.15, -0.1) is 5.10 Å². The summed E-state index contributed by atoms with van der Waals surface area (Å²) in [4.78, 5) is 28.7. The van der Waals surface area contributed by atoms with Gasteiger partial charge in [0.2, 0.25) is 5.95 Å². The fourth-order valence-electron chi connectivity index (χ4n) is 4.55. The highest BCUT2D eigenvalue weighted by Gasteiger charge is 2.41. The normalized spacial score (nSPS) is 19.2. The second kappa shape index (κ2) is 7.12. The Bertz CT molecular complexity index is 1290. The summed E-state index contributed by atoms with van der Waals surface area (Å²) in [5.41, 5.74) is 4.06. The minimum Gasteiger partial charge on any atom is -0.328 e. The number of anilines is 1. The van der Waals surface area contributed by atoms with Crippen LogP contribution in [0.3, 0.4) is 0 Å². The van der Waals surface area contributed by atoms with Gasteiger partial charge < -0.3 is 5.32 Å². The van der Waals surface area contributed by atoms with E-state index in [1.165, 1.54) is 12.1 Å². The van der Waals surface area contributed by atoms with Crippen molar-refractivity contribution in [2.75, 3.05) is 5.32 Å². The quantitative estimate of drug-likeness (QED) is 0.473. The lowest BCUT2D eigenvalue weighted by Crippen LogP contribution is -2.36. The summed E-state index contributed by atoms with van der Waals surface area (Å²) in [7, 11) is 0. The first kappa shape index (κ1) is 20.1. The molecule has 0 saturated carbocycles. The first-order valence-corrected chi connectivity index (χ1v) is 10.5. The lowest BCUT2D eigenvalue weighted by atomic mass is 9.73. The number of Topliss-reactive ketones (excluding diaryl/α,β-unsaturated/α-hetero) is 1. The molecule has 1 aliphatic carbocycles. The van der Waals surface area contributed by atoms with Crippen LogP contribution < -0.4 is 5.32 Å². The molecule has 1 N–H and O–H groups in total. The zero-order valence-corrected chi connectivity index (χ0v) is 18.1. The molecule has 162 valence electrons. The van der Waals surface area contributed by atoms with E-state index in [1.807, 2.05) is 31.2 Å². The third-order valence-electron chi connectivity index (χ3n) is 6.04. The van der Waals surface area contributed by atoms with E-state index in [2.05, 4.69) is 24.1 Å². The smallest absolute Gasteiger partial charge is 0.270 e. The third kappa shape index (κ3) is 3.37. The standard InChI is InChI=1S/C24H23N5O3/c1-14-7-9-15(10-8-14)21-20-18(12-24(2,3)13-19(20)30)25-23-26-22(27-28(21)23)16-5-4-6-17(11-16)29(31)32/h4-11,21H,12-13H2,1-3H3,(H,25,26,27). The van der Waals surface area contributed by atoms with Crippen molar-refractivity contribution in [1.29, 1.82) is 0 Å². The van der Waals surface area contributed by atoms with Crippen LogP contribution in [0.5, 0.6) is 0 Å². The van der Waals surface area contributed by atoms with Crippen molar-refractivity contribution in [3.05, 3.63) is 81.0 Å². The van der Waals surface area contributed by atoms with E-state index >= 15 is 0 Å². The lowest BCUT2D eigenvalue weighted by molar-refractivity contribution is -0.384. The van der Waals surface area contributed by atoms with Gasteiger partial charge in [-0.1, -0.05) is 55.8 Å². The average molecular weight is 429 g/mol. The summed E-state index contributed by atoms with van der Waals surface area (Å²) in [5, 5.41) is 19.2. The van der Waals surface area contributed by atoms with Crippen molar-refractivity contribution in [3.8, 4) is 11.4 Å². The minimum absolute atomic E-state index is 0.0207. The second-order valence-electron chi connectivity index (χ2n) is 9.28. The van der Waals surface area contributed by atoms with Crippen molar-refractivity contribution in [1.82, 2.24) is 14.8 Å². The lowest BCUT2D eigenvalue weighted by Gasteiger charge is -2.38. The van der Waals surface area contributed by atoms with Gasteiger partial charge >= 0.3 is 0 Å². The molecule has 5 rings (SSSR count). The van der Waals surface area contributed by atoms with Gasteiger partial charge in [0.05, 0.1) is 4.92 Å². The van der Waals surface area contributed by atoms with Crippen LogP contribution in [0.25, 0.3) is 11.4 Å². The molecule has 0 bridgehead atoms. The van der Waals surface area contributed by atoms with Crippen LogP contribution in [0, 0.1) is 22.5 Å². The maximum atomic E-state index is 13.3. The van der Waals surface area contributed by atoms with Gasteiger partial charge in [0.1, 0.15) is 6.04 Å². The summed E-state index contributed by atoms with van der Waals surface area (Å²) >= 11 is 0. The molecular weight excluding hydrogens is 406 g/mol. The number of nitrogens with zero attached hydrogens (tertiary/aromatic N) is 4. The highest BCUT2D eigenvalue weighted by molar-refractivity contribution is 6.00. The molecule has 1 aromatic heterocycles. The van der Waals surface area contributed by atoms with Crippen LogP contribution in [0.2, 0.25) is 0 Å². The van der Waals surface area contributed by atoms with Gasteiger partial charge in [0.25, 0.3) is 5.69 Å². The number of aromatic nitrogens is 3. The maximum Gasteiger partial charge on any atom is 0.270 e. The predicted molar refractivity (Wildman–Crippen MR) is 120 cm³/mol. The Labute approximate surface area is 185 Å². The van der Waals surface area contributed by atoms with Crippen molar-refractivity contribution >= 4 is 17.4 Å². The number of allylic oxidation sites excluding steroid dienone is 2. The number of fused-ring (bicyclic) bond motifs is 1. The van der Waals surface area contributed by atoms with Crippen LogP contribution >= 0.6 is 0 Å². The molecule has 8 nitrogen and oxygen atoms in total. The zero-order valence-electron chi connectivity index (χ0n) is 18.1. The molecule has 0 spiro atoms. The number of nitro groups is 1. The van der Waals surface area contributed by atoms with Crippen molar-refractivity contribution < 1.29 is 9.72 Å². The SMILES string of the molecule is Cc1ccc(C2C3=C(CC(C)(C)CC3=O)Nc3nc(-c4cccc([N+](=O)[O-])c4)nn32)cc1. The molecule has 1 unspecified atom stereocenters. The van der Waals surface area contributed by atoms with Crippen LogP contribution in [-0.2, 0) is 4.79 Å². The fourth-order valence-corrected chi connectivity index (χ4v) is 4.55. The fraction of sp³-hybridized carbons (Fsp3) is 0.292. The third-order valence-corrected chi connectivity index (χ3v) is 6.04. The van der Waals surface area contributed by atoms with E-state index in [0.29, 0.717) is 23.8 Å². The number of aryl methyl sites for hydroxylation is 1. The van der Waals surface area contributed by atoms with Gasteiger partial charge in [-0.05, 0) is 24.3 Å². The Morgan fingerprint density at radius 3 is 2.62 bits per heavy atom. The first-order valence-electron chi connectivity index (χ1n) is 10.5. The predicted octanol–water partition coefficient (Wildman–Crippen LogP) is 4.82.